The summed E-state index contributed by atoms with van der Waals surface area (Å²) in [4.78, 5) is 4.32. The van der Waals surface area contributed by atoms with Crippen LogP contribution in [0.4, 0.5) is 0 Å². The molecule has 1 aromatic heterocycles. The summed E-state index contributed by atoms with van der Waals surface area (Å²) >= 11 is 0. The van der Waals surface area contributed by atoms with Crippen molar-refractivity contribution in [1.29, 1.82) is 0 Å². The van der Waals surface area contributed by atoms with Crippen molar-refractivity contribution in [2.24, 2.45) is 23.7 Å². The van der Waals surface area contributed by atoms with Gasteiger partial charge in [0.05, 0.1) is 36.0 Å². The first-order chi connectivity index (χ1) is 12.6. The molecule has 0 spiro atoms. The predicted molar refractivity (Wildman–Crippen MR) is 98.4 cm³/mol. The Hall–Kier alpha value is -1.65. The van der Waals surface area contributed by atoms with E-state index in [1.54, 1.807) is 0 Å². The van der Waals surface area contributed by atoms with Crippen molar-refractivity contribution in [2.45, 2.75) is 56.3 Å². The van der Waals surface area contributed by atoms with Crippen LogP contribution in [0.2, 0.25) is 0 Å². The summed E-state index contributed by atoms with van der Waals surface area (Å²) in [5.74, 6) is 2.15. The first-order valence-corrected chi connectivity index (χ1v) is 10.2. The molecule has 0 saturated heterocycles. The predicted octanol–water partition coefficient (Wildman–Crippen LogP) is 3.39. The van der Waals surface area contributed by atoms with Gasteiger partial charge in [-0.25, -0.2) is 4.98 Å². The summed E-state index contributed by atoms with van der Waals surface area (Å²) in [5.41, 5.74) is 2.68. The molecule has 7 rings (SSSR count). The van der Waals surface area contributed by atoms with Crippen LogP contribution in [0.1, 0.15) is 50.1 Å². The number of aliphatic hydroxyl groups excluding tert-OH is 1. The van der Waals surface area contributed by atoms with Gasteiger partial charge in [0.1, 0.15) is 0 Å². The SMILES string of the molecule is O[C@@H](C[C@H]1c2ccccc2-c2cncn21)C1(O)C2CC3CC(C2)CC1C3. The van der Waals surface area contributed by atoms with E-state index in [-0.39, 0.29) is 17.9 Å². The molecular weight excluding hydrogens is 324 g/mol. The fraction of sp³-hybridized carbons (Fsp3) is 0.591. The Balaban J connectivity index is 1.34. The van der Waals surface area contributed by atoms with Gasteiger partial charge in [-0.2, -0.15) is 0 Å². The van der Waals surface area contributed by atoms with E-state index in [4.69, 9.17) is 0 Å². The second kappa shape index (κ2) is 5.20. The smallest absolute Gasteiger partial charge is 0.0962 e. The molecular formula is C22H26N2O2. The van der Waals surface area contributed by atoms with E-state index in [1.807, 2.05) is 12.5 Å². The number of benzene rings is 1. The summed E-state index contributed by atoms with van der Waals surface area (Å²) in [7, 11) is 0. The van der Waals surface area contributed by atoms with Gasteiger partial charge in [0.2, 0.25) is 0 Å². The topological polar surface area (TPSA) is 58.3 Å². The number of hydrogen-bond acceptors (Lipinski definition) is 3. The normalized spacial score (nSPS) is 40.5. The van der Waals surface area contributed by atoms with Gasteiger partial charge in [-0.15, -0.1) is 0 Å². The third kappa shape index (κ3) is 1.89. The zero-order valence-electron chi connectivity index (χ0n) is 15.0. The van der Waals surface area contributed by atoms with E-state index in [2.05, 4.69) is 33.8 Å². The van der Waals surface area contributed by atoms with Crippen molar-refractivity contribution in [3.63, 3.8) is 0 Å². The molecule has 4 saturated carbocycles. The van der Waals surface area contributed by atoms with E-state index in [1.165, 1.54) is 17.5 Å². The Morgan fingerprint density at radius 1 is 1.08 bits per heavy atom. The van der Waals surface area contributed by atoms with Gasteiger partial charge in [0.25, 0.3) is 0 Å². The molecule has 5 aliphatic rings. The zero-order chi connectivity index (χ0) is 17.5. The lowest BCUT2D eigenvalue weighted by atomic mass is 9.48. The summed E-state index contributed by atoms with van der Waals surface area (Å²) in [5, 5.41) is 23.0. The van der Waals surface area contributed by atoms with Crippen LogP contribution in [-0.4, -0.2) is 31.5 Å². The van der Waals surface area contributed by atoms with Crippen molar-refractivity contribution in [2.75, 3.05) is 0 Å². The molecule has 4 heteroatoms. The maximum absolute atomic E-state index is 11.7. The maximum Gasteiger partial charge on any atom is 0.0962 e. The molecule has 4 aliphatic carbocycles. The highest BCUT2D eigenvalue weighted by Crippen LogP contribution is 2.60. The van der Waals surface area contributed by atoms with E-state index >= 15 is 0 Å². The van der Waals surface area contributed by atoms with E-state index in [0.717, 1.165) is 43.2 Å². The number of hydrogen-bond donors (Lipinski definition) is 2. The van der Waals surface area contributed by atoms with Gasteiger partial charge in [-0.05, 0) is 61.3 Å². The molecule has 4 fully saturated rings. The lowest BCUT2D eigenvalue weighted by Crippen LogP contribution is -2.63. The van der Waals surface area contributed by atoms with E-state index in [0.29, 0.717) is 6.42 Å². The largest absolute Gasteiger partial charge is 0.390 e. The van der Waals surface area contributed by atoms with Crippen LogP contribution in [0.25, 0.3) is 11.3 Å². The molecule has 2 heterocycles. The Kier molecular flexibility index (Phi) is 3.08. The Labute approximate surface area is 153 Å². The number of nitrogens with zero attached hydrogens (tertiary/aromatic N) is 2. The second-order valence-electron chi connectivity index (χ2n) is 9.23. The first kappa shape index (κ1) is 15.4. The third-order valence-corrected chi connectivity index (χ3v) is 8.02. The van der Waals surface area contributed by atoms with Gasteiger partial charge in [0, 0.05) is 12.0 Å². The van der Waals surface area contributed by atoms with Crippen LogP contribution in [0, 0.1) is 23.7 Å². The standard InChI is InChI=1S/C22H26N2O2/c25-21(22(26)15-6-13-5-14(8-15)9-16(22)7-13)10-19-17-3-1-2-4-18(17)20-11-23-12-24(19)20/h1-4,11-16,19,21,25-26H,5-10H2/t13?,14?,15?,16?,19-,21-,22?/m0/s1. The van der Waals surface area contributed by atoms with Gasteiger partial charge in [-0.3, -0.25) is 0 Å². The highest BCUT2D eigenvalue weighted by Gasteiger charge is 2.59. The van der Waals surface area contributed by atoms with Crippen molar-refractivity contribution in [3.05, 3.63) is 42.4 Å². The maximum atomic E-state index is 11.7. The molecule has 26 heavy (non-hydrogen) atoms. The second-order valence-corrected chi connectivity index (χ2v) is 9.23. The molecule has 4 bridgehead atoms. The van der Waals surface area contributed by atoms with Crippen molar-refractivity contribution in [1.82, 2.24) is 9.55 Å². The number of aliphatic hydroxyl groups is 2. The first-order valence-electron chi connectivity index (χ1n) is 10.2. The summed E-state index contributed by atoms with van der Waals surface area (Å²) in [6.07, 6.45) is 9.46. The number of aromatic nitrogens is 2. The summed E-state index contributed by atoms with van der Waals surface area (Å²) in [6.45, 7) is 0. The van der Waals surface area contributed by atoms with Gasteiger partial charge < -0.3 is 14.8 Å². The number of fused-ring (bicyclic) bond motifs is 3. The van der Waals surface area contributed by atoms with Crippen LogP contribution in [0.15, 0.2) is 36.8 Å². The van der Waals surface area contributed by atoms with Crippen LogP contribution in [0.3, 0.4) is 0 Å². The highest BCUT2D eigenvalue weighted by atomic mass is 16.3. The number of rotatable bonds is 3. The van der Waals surface area contributed by atoms with E-state index < -0.39 is 11.7 Å². The lowest BCUT2D eigenvalue weighted by Gasteiger charge is -2.60. The third-order valence-electron chi connectivity index (χ3n) is 8.02. The molecule has 2 aromatic rings. The molecule has 136 valence electrons. The molecule has 4 nitrogen and oxygen atoms in total. The van der Waals surface area contributed by atoms with Crippen molar-refractivity contribution in [3.8, 4) is 11.3 Å². The van der Waals surface area contributed by atoms with Crippen LogP contribution >= 0.6 is 0 Å². The quantitative estimate of drug-likeness (QED) is 0.892. The minimum absolute atomic E-state index is 0.0694. The van der Waals surface area contributed by atoms with Crippen LogP contribution in [0.5, 0.6) is 0 Å². The molecule has 0 radical (unpaired) electrons. The average molecular weight is 350 g/mol. The zero-order valence-corrected chi connectivity index (χ0v) is 15.0. The summed E-state index contributed by atoms with van der Waals surface area (Å²) < 4.78 is 2.17. The molecule has 2 N–H and O–H groups in total. The van der Waals surface area contributed by atoms with Crippen molar-refractivity contribution < 1.29 is 10.2 Å². The average Bonchev–Trinajstić information content (AvgIpc) is 3.22. The molecule has 0 amide bonds. The highest BCUT2D eigenvalue weighted by molar-refractivity contribution is 5.68. The fourth-order valence-electron chi connectivity index (χ4n) is 7.06. The van der Waals surface area contributed by atoms with Crippen molar-refractivity contribution >= 4 is 0 Å². The van der Waals surface area contributed by atoms with Gasteiger partial charge >= 0.3 is 0 Å². The molecule has 0 unspecified atom stereocenters. The molecule has 1 aliphatic heterocycles. The van der Waals surface area contributed by atoms with Gasteiger partial charge in [0.15, 0.2) is 0 Å². The molecule has 2 atom stereocenters. The number of imidazole rings is 1. The van der Waals surface area contributed by atoms with Crippen LogP contribution < -0.4 is 0 Å². The van der Waals surface area contributed by atoms with Gasteiger partial charge in [-0.1, -0.05) is 24.3 Å². The Morgan fingerprint density at radius 3 is 2.50 bits per heavy atom. The minimum Gasteiger partial charge on any atom is -0.390 e. The summed E-state index contributed by atoms with van der Waals surface area (Å²) in [6, 6.07) is 8.48. The lowest BCUT2D eigenvalue weighted by molar-refractivity contribution is -0.223. The Morgan fingerprint density at radius 2 is 1.77 bits per heavy atom. The monoisotopic (exact) mass is 350 g/mol. The fourth-order valence-corrected chi connectivity index (χ4v) is 7.06. The van der Waals surface area contributed by atoms with Crippen LogP contribution in [-0.2, 0) is 0 Å². The molecule has 1 aromatic carbocycles. The van der Waals surface area contributed by atoms with E-state index in [9.17, 15) is 10.2 Å². The Bertz CT molecular complexity index is 829. The minimum atomic E-state index is -0.897.